The van der Waals surface area contributed by atoms with Crippen LogP contribution in [-0.4, -0.2) is 21.9 Å². The quantitative estimate of drug-likeness (QED) is 0.803. The average Bonchev–Trinajstić information content (AvgIpc) is 3.18. The van der Waals surface area contributed by atoms with Gasteiger partial charge in [-0.2, -0.15) is 4.37 Å². The first-order chi connectivity index (χ1) is 9.31. The van der Waals surface area contributed by atoms with Gasteiger partial charge in [-0.15, -0.1) is 0 Å². The van der Waals surface area contributed by atoms with E-state index in [1.165, 1.54) is 11.5 Å². The molecule has 98 valence electrons. The normalized spacial score (nSPS) is 14.4. The summed E-state index contributed by atoms with van der Waals surface area (Å²) < 4.78 is 9.56. The zero-order valence-electron chi connectivity index (χ0n) is 10.6. The Morgan fingerprint density at radius 1 is 1.53 bits per heavy atom. The summed E-state index contributed by atoms with van der Waals surface area (Å²) in [7, 11) is 0. The van der Waals surface area contributed by atoms with Gasteiger partial charge in [0.1, 0.15) is 4.88 Å². The topological polar surface area (TPSA) is 52.1 Å². The van der Waals surface area contributed by atoms with Crippen molar-refractivity contribution in [2.75, 3.05) is 6.61 Å². The van der Waals surface area contributed by atoms with Gasteiger partial charge in [-0.3, -0.25) is 4.98 Å². The summed E-state index contributed by atoms with van der Waals surface area (Å²) in [6.07, 6.45) is 5.77. The van der Waals surface area contributed by atoms with Crippen LogP contribution < -0.4 is 0 Å². The maximum absolute atomic E-state index is 12.0. The van der Waals surface area contributed by atoms with Gasteiger partial charge in [0.2, 0.25) is 0 Å². The Kier molecular flexibility index (Phi) is 3.29. The lowest BCUT2D eigenvalue weighted by Crippen LogP contribution is -2.05. The number of hydrogen-bond acceptors (Lipinski definition) is 5. The minimum atomic E-state index is -0.253. The maximum atomic E-state index is 12.0. The zero-order chi connectivity index (χ0) is 13.2. The summed E-state index contributed by atoms with van der Waals surface area (Å²) in [5.74, 6) is 0.199. The number of rotatable bonds is 4. The second-order valence-corrected chi connectivity index (χ2v) is 5.28. The molecule has 0 bridgehead atoms. The lowest BCUT2D eigenvalue weighted by Gasteiger charge is -2.04. The first-order valence-electron chi connectivity index (χ1n) is 6.38. The third kappa shape index (κ3) is 2.38. The van der Waals surface area contributed by atoms with Crippen molar-refractivity contribution in [2.45, 2.75) is 25.7 Å². The Bertz CT molecular complexity index is 591. The highest BCUT2D eigenvalue weighted by atomic mass is 32.1. The minimum absolute atomic E-state index is 0.253. The molecule has 0 unspecified atom stereocenters. The van der Waals surface area contributed by atoms with Gasteiger partial charge in [0.25, 0.3) is 0 Å². The summed E-state index contributed by atoms with van der Waals surface area (Å²) in [5.41, 5.74) is 2.91. The molecule has 0 aromatic carbocycles. The van der Waals surface area contributed by atoms with Crippen LogP contribution in [0.25, 0.3) is 11.3 Å². The second-order valence-electron chi connectivity index (χ2n) is 4.51. The van der Waals surface area contributed by atoms with Crippen molar-refractivity contribution in [3.63, 3.8) is 0 Å². The second kappa shape index (κ2) is 5.09. The SMILES string of the molecule is CCOC(=O)c1snc(-c2cccnc2)c1C1CC1. The standard InChI is InChI=1S/C14H14N2O2S/c1-2-18-14(17)13-11(9-5-6-9)12(16-19-13)10-4-3-7-15-8-10/h3-4,7-9H,2,5-6H2,1H3. The van der Waals surface area contributed by atoms with Crippen molar-refractivity contribution in [3.05, 3.63) is 35.0 Å². The number of hydrogen-bond donors (Lipinski definition) is 0. The van der Waals surface area contributed by atoms with E-state index in [-0.39, 0.29) is 5.97 Å². The van der Waals surface area contributed by atoms with E-state index in [4.69, 9.17) is 4.74 Å². The molecule has 2 aromatic rings. The van der Waals surface area contributed by atoms with Crippen molar-refractivity contribution in [1.82, 2.24) is 9.36 Å². The number of carbonyl (C=O) groups is 1. The van der Waals surface area contributed by atoms with Crippen LogP contribution in [0.4, 0.5) is 0 Å². The van der Waals surface area contributed by atoms with Crippen LogP contribution >= 0.6 is 11.5 Å². The number of aromatic nitrogens is 2. The molecular formula is C14H14N2O2S. The van der Waals surface area contributed by atoms with Gasteiger partial charge >= 0.3 is 5.97 Å². The predicted molar refractivity (Wildman–Crippen MR) is 73.3 cm³/mol. The van der Waals surface area contributed by atoms with Crippen LogP contribution in [0, 0.1) is 0 Å². The smallest absolute Gasteiger partial charge is 0.350 e. The average molecular weight is 274 g/mol. The zero-order valence-corrected chi connectivity index (χ0v) is 11.4. The Morgan fingerprint density at radius 2 is 2.37 bits per heavy atom. The number of carbonyl (C=O) groups excluding carboxylic acids is 1. The highest BCUT2D eigenvalue weighted by Gasteiger charge is 2.34. The molecule has 0 saturated heterocycles. The highest BCUT2D eigenvalue weighted by Crippen LogP contribution is 2.47. The van der Waals surface area contributed by atoms with Gasteiger partial charge in [-0.1, -0.05) is 0 Å². The predicted octanol–water partition coefficient (Wildman–Crippen LogP) is 3.26. The van der Waals surface area contributed by atoms with E-state index >= 15 is 0 Å². The van der Waals surface area contributed by atoms with E-state index < -0.39 is 0 Å². The van der Waals surface area contributed by atoms with E-state index in [1.807, 2.05) is 19.1 Å². The molecule has 5 heteroatoms. The number of pyridine rings is 1. The molecule has 0 radical (unpaired) electrons. The number of nitrogens with zero attached hydrogens (tertiary/aromatic N) is 2. The number of ether oxygens (including phenoxy) is 1. The lowest BCUT2D eigenvalue weighted by molar-refractivity contribution is 0.0531. The molecule has 1 aliphatic rings. The van der Waals surface area contributed by atoms with Gasteiger partial charge in [0.05, 0.1) is 12.3 Å². The van der Waals surface area contributed by atoms with Crippen LogP contribution in [0.5, 0.6) is 0 Å². The van der Waals surface area contributed by atoms with Crippen molar-refractivity contribution in [3.8, 4) is 11.3 Å². The third-order valence-corrected chi connectivity index (χ3v) is 3.95. The van der Waals surface area contributed by atoms with Crippen LogP contribution in [0.1, 0.15) is 40.9 Å². The summed E-state index contributed by atoms with van der Waals surface area (Å²) >= 11 is 1.24. The van der Waals surface area contributed by atoms with Crippen LogP contribution in [-0.2, 0) is 4.74 Å². The van der Waals surface area contributed by atoms with Crippen molar-refractivity contribution in [1.29, 1.82) is 0 Å². The summed E-state index contributed by atoms with van der Waals surface area (Å²) in [6, 6.07) is 3.86. The molecule has 1 saturated carbocycles. The molecule has 4 nitrogen and oxygen atoms in total. The molecule has 0 amide bonds. The summed E-state index contributed by atoms with van der Waals surface area (Å²) in [4.78, 5) is 16.8. The Labute approximate surface area is 115 Å². The molecule has 0 N–H and O–H groups in total. The molecule has 3 rings (SSSR count). The van der Waals surface area contributed by atoms with Crippen molar-refractivity contribution in [2.24, 2.45) is 0 Å². The first kappa shape index (κ1) is 12.3. The van der Waals surface area contributed by atoms with E-state index in [0.29, 0.717) is 17.4 Å². The van der Waals surface area contributed by atoms with E-state index in [1.54, 1.807) is 12.4 Å². The van der Waals surface area contributed by atoms with Crippen molar-refractivity contribution >= 4 is 17.5 Å². The molecule has 2 heterocycles. The first-order valence-corrected chi connectivity index (χ1v) is 7.15. The Balaban J connectivity index is 2.04. The summed E-state index contributed by atoms with van der Waals surface area (Å²) in [5, 5.41) is 0. The molecule has 1 fully saturated rings. The van der Waals surface area contributed by atoms with E-state index in [9.17, 15) is 4.79 Å². The fraction of sp³-hybridized carbons (Fsp3) is 0.357. The molecular weight excluding hydrogens is 260 g/mol. The molecule has 2 aromatic heterocycles. The fourth-order valence-corrected chi connectivity index (χ4v) is 2.98. The van der Waals surface area contributed by atoms with Crippen LogP contribution in [0.15, 0.2) is 24.5 Å². The molecule has 1 aliphatic carbocycles. The van der Waals surface area contributed by atoms with Gasteiger partial charge < -0.3 is 4.74 Å². The van der Waals surface area contributed by atoms with Crippen molar-refractivity contribution < 1.29 is 9.53 Å². The van der Waals surface area contributed by atoms with Gasteiger partial charge in [0.15, 0.2) is 0 Å². The third-order valence-electron chi connectivity index (χ3n) is 3.11. The largest absolute Gasteiger partial charge is 0.462 e. The lowest BCUT2D eigenvalue weighted by atomic mass is 10.0. The van der Waals surface area contributed by atoms with Crippen LogP contribution in [0.3, 0.4) is 0 Å². The van der Waals surface area contributed by atoms with Gasteiger partial charge in [-0.05, 0) is 49.3 Å². The fourth-order valence-electron chi connectivity index (χ4n) is 2.10. The van der Waals surface area contributed by atoms with Crippen LogP contribution in [0.2, 0.25) is 0 Å². The van der Waals surface area contributed by atoms with Gasteiger partial charge in [0, 0.05) is 23.5 Å². The molecule has 0 atom stereocenters. The Hall–Kier alpha value is -1.75. The Morgan fingerprint density at radius 3 is 3.00 bits per heavy atom. The van der Waals surface area contributed by atoms with Gasteiger partial charge in [-0.25, -0.2) is 4.79 Å². The molecule has 0 spiro atoms. The molecule has 0 aliphatic heterocycles. The summed E-state index contributed by atoms with van der Waals surface area (Å²) in [6.45, 7) is 2.21. The monoisotopic (exact) mass is 274 g/mol. The van der Waals surface area contributed by atoms with E-state index in [0.717, 1.165) is 29.7 Å². The maximum Gasteiger partial charge on any atom is 0.350 e. The van der Waals surface area contributed by atoms with E-state index in [2.05, 4.69) is 9.36 Å². The number of esters is 1. The molecule has 19 heavy (non-hydrogen) atoms. The highest BCUT2D eigenvalue weighted by molar-refractivity contribution is 7.08. The minimum Gasteiger partial charge on any atom is -0.462 e.